The molecule has 98 valence electrons. The number of hydrogen-bond donors (Lipinski definition) is 2. The van der Waals surface area contributed by atoms with E-state index < -0.39 is 23.1 Å². The first-order valence-electron chi connectivity index (χ1n) is 5.25. The van der Waals surface area contributed by atoms with Gasteiger partial charge in [-0.05, 0) is 28.4 Å². The lowest BCUT2D eigenvalue weighted by molar-refractivity contribution is -0.121. The summed E-state index contributed by atoms with van der Waals surface area (Å²) < 4.78 is 31.6. The number of benzene rings is 1. The molecule has 1 aromatic rings. The van der Waals surface area contributed by atoms with E-state index in [-0.39, 0.29) is 16.8 Å². The number of anilines is 1. The molecule has 0 bridgehead atoms. The highest BCUT2D eigenvalue weighted by Crippen LogP contribution is 2.28. The minimum atomic E-state index is -1.17. The number of nitrogens with one attached hydrogen (secondary N) is 1. The molecule has 0 saturated carbocycles. The van der Waals surface area contributed by atoms with Crippen molar-refractivity contribution in [2.24, 2.45) is 5.73 Å². The zero-order valence-electron chi connectivity index (χ0n) is 9.30. The molecule has 1 saturated heterocycles. The van der Waals surface area contributed by atoms with Crippen molar-refractivity contribution in [3.8, 4) is 0 Å². The van der Waals surface area contributed by atoms with E-state index in [0.29, 0.717) is 19.1 Å². The van der Waals surface area contributed by atoms with E-state index in [1.807, 2.05) is 0 Å². The van der Waals surface area contributed by atoms with Gasteiger partial charge in [0, 0.05) is 17.1 Å². The van der Waals surface area contributed by atoms with Gasteiger partial charge in [0.2, 0.25) is 5.91 Å². The van der Waals surface area contributed by atoms with Crippen molar-refractivity contribution in [3.63, 3.8) is 0 Å². The van der Waals surface area contributed by atoms with Gasteiger partial charge < -0.3 is 15.8 Å². The lowest BCUT2D eigenvalue weighted by Gasteiger charge is -2.21. The summed E-state index contributed by atoms with van der Waals surface area (Å²) in [5.74, 6) is -2.15. The number of halogens is 3. The molecule has 3 N–H and O–H groups in total. The standard InChI is InChI=1S/C11H11BrF2N2O2/c12-7-3-6(13)4-8(14)9(7)16-10(17)11(15)1-2-18-5-11/h3-4H,1-2,5,15H2,(H,16,17). The predicted octanol–water partition coefficient (Wildman–Crippen LogP) is 1.78. The Balaban J connectivity index is 2.22. The molecule has 18 heavy (non-hydrogen) atoms. The van der Waals surface area contributed by atoms with E-state index in [0.717, 1.165) is 6.07 Å². The van der Waals surface area contributed by atoms with Gasteiger partial charge in [0.1, 0.15) is 11.4 Å². The number of carbonyl (C=O) groups excluding carboxylic acids is 1. The van der Waals surface area contributed by atoms with E-state index in [1.54, 1.807) is 0 Å². The van der Waals surface area contributed by atoms with Crippen molar-refractivity contribution in [3.05, 3.63) is 28.2 Å². The molecule has 0 aliphatic carbocycles. The minimum absolute atomic E-state index is 0.0826. The molecule has 1 atom stereocenters. The average molecular weight is 321 g/mol. The molecular weight excluding hydrogens is 310 g/mol. The molecule has 0 radical (unpaired) electrons. The van der Waals surface area contributed by atoms with Gasteiger partial charge in [-0.2, -0.15) is 0 Å². The first-order chi connectivity index (χ1) is 8.42. The third kappa shape index (κ3) is 2.52. The molecule has 2 rings (SSSR count). The Morgan fingerprint density at radius 2 is 2.22 bits per heavy atom. The first kappa shape index (κ1) is 13.4. The second-order valence-corrected chi connectivity index (χ2v) is 5.01. The van der Waals surface area contributed by atoms with Crippen molar-refractivity contribution >= 4 is 27.5 Å². The SMILES string of the molecule is NC1(C(=O)Nc2c(F)cc(F)cc2Br)CCOC1. The van der Waals surface area contributed by atoms with Crippen LogP contribution in [0.25, 0.3) is 0 Å². The molecule has 1 unspecified atom stereocenters. The number of amides is 1. The highest BCUT2D eigenvalue weighted by atomic mass is 79.9. The lowest BCUT2D eigenvalue weighted by atomic mass is 9.99. The second-order valence-electron chi connectivity index (χ2n) is 4.16. The number of hydrogen-bond acceptors (Lipinski definition) is 3. The Morgan fingerprint density at radius 3 is 2.78 bits per heavy atom. The number of nitrogens with two attached hydrogens (primary N) is 1. The van der Waals surface area contributed by atoms with Crippen LogP contribution in [0.4, 0.5) is 14.5 Å². The highest BCUT2D eigenvalue weighted by Gasteiger charge is 2.38. The van der Waals surface area contributed by atoms with E-state index in [2.05, 4.69) is 21.2 Å². The normalized spacial score (nSPS) is 23.1. The van der Waals surface area contributed by atoms with Gasteiger partial charge in [0.05, 0.1) is 12.3 Å². The molecule has 0 spiro atoms. The molecule has 1 aliphatic rings. The Labute approximate surface area is 111 Å². The average Bonchev–Trinajstić information content (AvgIpc) is 2.71. The molecule has 1 aliphatic heterocycles. The number of ether oxygens (including phenoxy) is 1. The summed E-state index contributed by atoms with van der Waals surface area (Å²) in [6.45, 7) is 0.469. The van der Waals surface area contributed by atoms with Gasteiger partial charge in [-0.1, -0.05) is 0 Å². The first-order valence-corrected chi connectivity index (χ1v) is 6.04. The van der Waals surface area contributed by atoms with Crippen molar-refractivity contribution in [2.45, 2.75) is 12.0 Å². The van der Waals surface area contributed by atoms with Crippen LogP contribution in [0.1, 0.15) is 6.42 Å². The molecule has 1 fully saturated rings. The molecule has 0 aromatic heterocycles. The maximum Gasteiger partial charge on any atom is 0.247 e. The summed E-state index contributed by atoms with van der Waals surface area (Å²) in [6, 6.07) is 1.75. The van der Waals surface area contributed by atoms with Crippen LogP contribution in [-0.4, -0.2) is 24.7 Å². The van der Waals surface area contributed by atoms with E-state index in [1.165, 1.54) is 0 Å². The van der Waals surface area contributed by atoms with E-state index in [9.17, 15) is 13.6 Å². The third-order valence-corrected chi connectivity index (χ3v) is 3.38. The van der Waals surface area contributed by atoms with Crippen molar-refractivity contribution in [1.82, 2.24) is 0 Å². The summed E-state index contributed by atoms with van der Waals surface area (Å²) >= 11 is 2.99. The van der Waals surface area contributed by atoms with Gasteiger partial charge in [-0.25, -0.2) is 8.78 Å². The Morgan fingerprint density at radius 1 is 1.50 bits per heavy atom. The lowest BCUT2D eigenvalue weighted by Crippen LogP contribution is -2.51. The van der Waals surface area contributed by atoms with E-state index in [4.69, 9.17) is 10.5 Å². The van der Waals surface area contributed by atoms with Crippen LogP contribution in [-0.2, 0) is 9.53 Å². The second kappa shape index (κ2) is 4.91. The topological polar surface area (TPSA) is 64.4 Å². The smallest absolute Gasteiger partial charge is 0.247 e. The summed E-state index contributed by atoms with van der Waals surface area (Å²) in [6.07, 6.45) is 0.360. The molecular formula is C11H11BrF2N2O2. The molecule has 1 heterocycles. The Bertz CT molecular complexity index is 467. The molecule has 4 nitrogen and oxygen atoms in total. The van der Waals surface area contributed by atoms with Gasteiger partial charge in [0.15, 0.2) is 5.82 Å². The van der Waals surface area contributed by atoms with Crippen LogP contribution in [0.5, 0.6) is 0 Å². The summed E-state index contributed by atoms with van der Waals surface area (Å²) in [5.41, 5.74) is 4.54. The number of carbonyl (C=O) groups is 1. The minimum Gasteiger partial charge on any atom is -0.379 e. The fourth-order valence-corrected chi connectivity index (χ4v) is 2.17. The van der Waals surface area contributed by atoms with Crippen LogP contribution < -0.4 is 11.1 Å². The maximum absolute atomic E-state index is 13.5. The molecule has 7 heteroatoms. The Hall–Kier alpha value is -1.05. The highest BCUT2D eigenvalue weighted by molar-refractivity contribution is 9.10. The summed E-state index contributed by atoms with van der Waals surface area (Å²) in [7, 11) is 0. The van der Waals surface area contributed by atoms with Crippen molar-refractivity contribution in [1.29, 1.82) is 0 Å². The van der Waals surface area contributed by atoms with E-state index >= 15 is 0 Å². The van der Waals surface area contributed by atoms with Crippen LogP contribution in [0.3, 0.4) is 0 Å². The van der Waals surface area contributed by atoms with Gasteiger partial charge in [0.25, 0.3) is 0 Å². The fraction of sp³-hybridized carbons (Fsp3) is 0.364. The van der Waals surface area contributed by atoms with Crippen molar-refractivity contribution < 1.29 is 18.3 Å². The van der Waals surface area contributed by atoms with Crippen LogP contribution in [0, 0.1) is 11.6 Å². The third-order valence-electron chi connectivity index (χ3n) is 2.75. The maximum atomic E-state index is 13.5. The van der Waals surface area contributed by atoms with Gasteiger partial charge in [-0.15, -0.1) is 0 Å². The summed E-state index contributed by atoms with van der Waals surface area (Å²) in [4.78, 5) is 11.9. The van der Waals surface area contributed by atoms with Crippen LogP contribution in [0.15, 0.2) is 16.6 Å². The number of rotatable bonds is 2. The molecule has 1 aromatic carbocycles. The van der Waals surface area contributed by atoms with Gasteiger partial charge in [-0.3, -0.25) is 4.79 Å². The van der Waals surface area contributed by atoms with Crippen LogP contribution >= 0.6 is 15.9 Å². The van der Waals surface area contributed by atoms with Crippen molar-refractivity contribution in [2.75, 3.05) is 18.5 Å². The monoisotopic (exact) mass is 320 g/mol. The Kier molecular flexibility index (Phi) is 3.65. The quantitative estimate of drug-likeness (QED) is 0.873. The molecule has 1 amide bonds. The fourth-order valence-electron chi connectivity index (χ4n) is 1.66. The van der Waals surface area contributed by atoms with Crippen LogP contribution in [0.2, 0.25) is 0 Å². The predicted molar refractivity (Wildman–Crippen MR) is 65.0 cm³/mol. The zero-order valence-corrected chi connectivity index (χ0v) is 10.9. The summed E-state index contributed by atoms with van der Waals surface area (Å²) in [5, 5.41) is 2.36. The van der Waals surface area contributed by atoms with Gasteiger partial charge >= 0.3 is 0 Å². The largest absolute Gasteiger partial charge is 0.379 e. The zero-order chi connectivity index (χ0) is 13.3.